The van der Waals surface area contributed by atoms with Crippen molar-refractivity contribution in [3.63, 3.8) is 0 Å². The minimum atomic E-state index is -3.59. The van der Waals surface area contributed by atoms with E-state index in [1.807, 2.05) is 6.92 Å². The van der Waals surface area contributed by atoms with Gasteiger partial charge >= 0.3 is 0 Å². The molecule has 7 heteroatoms. The van der Waals surface area contributed by atoms with Crippen LogP contribution in [0.1, 0.15) is 64.7 Å². The SMILES string of the molecule is CC1CCCCN1S(=O)(=O)NC1(C(=N)N)CCCCCC1. The standard InChI is InChI=1S/C14H28N4O2S/c1-12-8-4-7-11-18(12)21(19,20)17-14(13(15)16)9-5-2-3-6-10-14/h12,17H,2-11H2,1H3,(H3,15,16). The maximum Gasteiger partial charge on any atom is 0.280 e. The average Bonchev–Trinajstić information content (AvgIpc) is 2.65. The van der Waals surface area contributed by atoms with E-state index in [1.54, 1.807) is 4.31 Å². The molecule has 0 aromatic carbocycles. The molecule has 1 aliphatic carbocycles. The summed E-state index contributed by atoms with van der Waals surface area (Å²) in [5.74, 6) is -0.0439. The van der Waals surface area contributed by atoms with E-state index in [9.17, 15) is 8.42 Å². The molecule has 0 amide bonds. The Hall–Kier alpha value is -0.660. The first-order chi connectivity index (χ1) is 9.87. The van der Waals surface area contributed by atoms with Crippen molar-refractivity contribution in [1.29, 1.82) is 5.41 Å². The minimum Gasteiger partial charge on any atom is -0.386 e. The second kappa shape index (κ2) is 6.62. The first-order valence-electron chi connectivity index (χ1n) is 8.03. The fourth-order valence-corrected chi connectivity index (χ4v) is 5.37. The molecule has 21 heavy (non-hydrogen) atoms. The molecule has 122 valence electrons. The van der Waals surface area contributed by atoms with E-state index in [4.69, 9.17) is 11.1 Å². The maximum absolute atomic E-state index is 12.7. The van der Waals surface area contributed by atoms with Crippen LogP contribution in [0.15, 0.2) is 0 Å². The number of hydrogen-bond acceptors (Lipinski definition) is 3. The molecular weight excluding hydrogens is 288 g/mol. The molecule has 2 aliphatic rings. The largest absolute Gasteiger partial charge is 0.386 e. The number of nitrogens with two attached hydrogens (primary N) is 1. The Kier molecular flexibility index (Phi) is 5.27. The first-order valence-corrected chi connectivity index (χ1v) is 9.47. The summed E-state index contributed by atoms with van der Waals surface area (Å²) >= 11 is 0. The highest BCUT2D eigenvalue weighted by Gasteiger charge is 2.41. The minimum absolute atomic E-state index is 0.0195. The Bertz CT molecular complexity index is 469. The van der Waals surface area contributed by atoms with Crippen molar-refractivity contribution in [1.82, 2.24) is 9.03 Å². The highest BCUT2D eigenvalue weighted by atomic mass is 32.2. The summed E-state index contributed by atoms with van der Waals surface area (Å²) in [5.41, 5.74) is 4.90. The number of amidine groups is 1. The van der Waals surface area contributed by atoms with Crippen LogP contribution in [0.2, 0.25) is 0 Å². The molecule has 4 N–H and O–H groups in total. The van der Waals surface area contributed by atoms with Crippen LogP contribution >= 0.6 is 0 Å². The van der Waals surface area contributed by atoms with Crippen LogP contribution in [0.4, 0.5) is 0 Å². The van der Waals surface area contributed by atoms with Crippen LogP contribution in [0.3, 0.4) is 0 Å². The van der Waals surface area contributed by atoms with Crippen LogP contribution < -0.4 is 10.5 Å². The van der Waals surface area contributed by atoms with Crippen LogP contribution in [0.5, 0.6) is 0 Å². The topological polar surface area (TPSA) is 99.3 Å². The van der Waals surface area contributed by atoms with E-state index < -0.39 is 15.7 Å². The molecule has 1 aliphatic heterocycles. The van der Waals surface area contributed by atoms with Gasteiger partial charge in [0.05, 0.1) is 5.54 Å². The molecular formula is C14H28N4O2S. The molecule has 0 radical (unpaired) electrons. The molecule has 0 bridgehead atoms. The van der Waals surface area contributed by atoms with Gasteiger partial charge in [-0.25, -0.2) is 0 Å². The second-order valence-corrected chi connectivity index (χ2v) is 8.10. The molecule has 0 spiro atoms. The van der Waals surface area contributed by atoms with E-state index in [0.29, 0.717) is 19.4 Å². The zero-order valence-corrected chi connectivity index (χ0v) is 13.7. The van der Waals surface area contributed by atoms with Crippen molar-refractivity contribution in [3.05, 3.63) is 0 Å². The molecule has 1 unspecified atom stereocenters. The predicted octanol–water partition coefficient (Wildman–Crippen LogP) is 1.72. The van der Waals surface area contributed by atoms with Crippen LogP contribution in [-0.4, -0.2) is 36.7 Å². The smallest absolute Gasteiger partial charge is 0.280 e. The number of nitrogens with zero attached hydrogens (tertiary/aromatic N) is 1. The predicted molar refractivity (Wildman–Crippen MR) is 84.4 cm³/mol. The van der Waals surface area contributed by atoms with Gasteiger partial charge in [-0.05, 0) is 32.6 Å². The summed E-state index contributed by atoms with van der Waals surface area (Å²) in [7, 11) is -3.59. The lowest BCUT2D eigenvalue weighted by Crippen LogP contribution is -2.61. The average molecular weight is 316 g/mol. The Morgan fingerprint density at radius 3 is 2.33 bits per heavy atom. The fraction of sp³-hybridized carbons (Fsp3) is 0.929. The highest BCUT2D eigenvalue weighted by Crippen LogP contribution is 2.29. The molecule has 1 saturated carbocycles. The van der Waals surface area contributed by atoms with Crippen molar-refractivity contribution in [2.75, 3.05) is 6.54 Å². The molecule has 1 atom stereocenters. The van der Waals surface area contributed by atoms with E-state index >= 15 is 0 Å². The lowest BCUT2D eigenvalue weighted by atomic mass is 9.90. The molecule has 1 saturated heterocycles. The summed E-state index contributed by atoms with van der Waals surface area (Å²) in [6.07, 6.45) is 8.12. The molecule has 0 aromatic heterocycles. The Balaban J connectivity index is 2.20. The van der Waals surface area contributed by atoms with Crippen molar-refractivity contribution >= 4 is 16.0 Å². The van der Waals surface area contributed by atoms with Crippen molar-refractivity contribution in [3.8, 4) is 0 Å². The van der Waals surface area contributed by atoms with Crippen LogP contribution in [-0.2, 0) is 10.2 Å². The van der Waals surface area contributed by atoms with E-state index in [-0.39, 0.29) is 11.9 Å². The van der Waals surface area contributed by atoms with Gasteiger partial charge in [0, 0.05) is 12.6 Å². The van der Waals surface area contributed by atoms with Crippen LogP contribution in [0, 0.1) is 5.41 Å². The molecule has 2 fully saturated rings. The molecule has 0 aromatic rings. The van der Waals surface area contributed by atoms with Gasteiger partial charge in [-0.2, -0.15) is 17.4 Å². The maximum atomic E-state index is 12.7. The monoisotopic (exact) mass is 316 g/mol. The van der Waals surface area contributed by atoms with Gasteiger partial charge in [-0.1, -0.05) is 32.1 Å². The van der Waals surface area contributed by atoms with E-state index in [1.165, 1.54) is 0 Å². The Morgan fingerprint density at radius 1 is 1.19 bits per heavy atom. The van der Waals surface area contributed by atoms with Gasteiger partial charge in [-0.3, -0.25) is 5.41 Å². The summed E-state index contributed by atoms with van der Waals surface area (Å²) in [6, 6.07) is 0.0195. The second-order valence-electron chi connectivity index (χ2n) is 6.47. The quantitative estimate of drug-likeness (QED) is 0.418. The van der Waals surface area contributed by atoms with Gasteiger partial charge in [0.15, 0.2) is 0 Å². The van der Waals surface area contributed by atoms with Crippen LogP contribution in [0.25, 0.3) is 0 Å². The van der Waals surface area contributed by atoms with Crippen molar-refractivity contribution in [2.24, 2.45) is 5.73 Å². The third-order valence-electron chi connectivity index (χ3n) is 4.85. The zero-order valence-electron chi connectivity index (χ0n) is 12.9. The van der Waals surface area contributed by atoms with E-state index in [0.717, 1.165) is 44.9 Å². The van der Waals surface area contributed by atoms with Gasteiger partial charge in [0.25, 0.3) is 10.2 Å². The first kappa shape index (κ1) is 16.7. The number of nitrogens with one attached hydrogen (secondary N) is 2. The zero-order chi connectivity index (χ0) is 15.5. The fourth-order valence-electron chi connectivity index (χ4n) is 3.49. The Morgan fingerprint density at radius 2 is 1.81 bits per heavy atom. The van der Waals surface area contributed by atoms with E-state index in [2.05, 4.69) is 4.72 Å². The number of hydrogen-bond donors (Lipinski definition) is 3. The third kappa shape index (κ3) is 3.76. The summed E-state index contributed by atoms with van der Waals surface area (Å²) in [6.45, 7) is 2.51. The normalized spacial score (nSPS) is 28.0. The molecule has 6 nitrogen and oxygen atoms in total. The lowest BCUT2D eigenvalue weighted by Gasteiger charge is -2.38. The highest BCUT2D eigenvalue weighted by molar-refractivity contribution is 7.87. The summed E-state index contributed by atoms with van der Waals surface area (Å²) < 4.78 is 29.8. The summed E-state index contributed by atoms with van der Waals surface area (Å²) in [4.78, 5) is 0. The van der Waals surface area contributed by atoms with Gasteiger partial charge in [-0.15, -0.1) is 0 Å². The lowest BCUT2D eigenvalue weighted by molar-refractivity contribution is 0.260. The van der Waals surface area contributed by atoms with Crippen molar-refractivity contribution < 1.29 is 8.42 Å². The Labute approximate surface area is 128 Å². The van der Waals surface area contributed by atoms with Gasteiger partial charge < -0.3 is 5.73 Å². The van der Waals surface area contributed by atoms with Gasteiger partial charge in [0.2, 0.25) is 0 Å². The molecule has 1 heterocycles. The molecule has 2 rings (SSSR count). The number of piperidine rings is 1. The summed E-state index contributed by atoms with van der Waals surface area (Å²) in [5, 5.41) is 7.91. The van der Waals surface area contributed by atoms with Crippen molar-refractivity contribution in [2.45, 2.75) is 76.3 Å². The third-order valence-corrected chi connectivity index (χ3v) is 6.66. The number of rotatable bonds is 4. The van der Waals surface area contributed by atoms with Gasteiger partial charge in [0.1, 0.15) is 5.84 Å².